The fourth-order valence-corrected chi connectivity index (χ4v) is 4.20. The summed E-state index contributed by atoms with van der Waals surface area (Å²) < 4.78 is 24.5. The number of halogens is 1. The standard InChI is InChI=1S/C24H27FN2O3/c1-16-20-13-18(25)7-10-23(20)30-24(16)22(28)15-26-14-21(27-11-3-4-12-27)17-5-8-19(29-2)9-6-17/h5-10,13,21,26H,3-4,11-12,14-15H2,1-2H3. The maximum atomic E-state index is 13.5. The monoisotopic (exact) mass is 410 g/mol. The molecule has 1 N–H and O–H groups in total. The van der Waals surface area contributed by atoms with Gasteiger partial charge in [-0.3, -0.25) is 9.69 Å². The number of nitrogens with one attached hydrogen (secondary N) is 1. The molecule has 0 spiro atoms. The van der Waals surface area contributed by atoms with Crippen LogP contribution in [-0.2, 0) is 0 Å². The minimum Gasteiger partial charge on any atom is -0.497 e. The molecule has 1 atom stereocenters. The second-order valence-corrected chi connectivity index (χ2v) is 7.78. The number of rotatable bonds is 8. The fraction of sp³-hybridized carbons (Fsp3) is 0.375. The Morgan fingerprint density at radius 2 is 1.93 bits per heavy atom. The lowest BCUT2D eigenvalue weighted by Crippen LogP contribution is -2.36. The van der Waals surface area contributed by atoms with Crippen molar-refractivity contribution in [2.45, 2.75) is 25.8 Å². The van der Waals surface area contributed by atoms with Crippen LogP contribution in [-0.4, -0.2) is 44.0 Å². The first-order valence-corrected chi connectivity index (χ1v) is 10.4. The fourth-order valence-electron chi connectivity index (χ4n) is 4.20. The van der Waals surface area contributed by atoms with Gasteiger partial charge in [-0.15, -0.1) is 0 Å². The zero-order valence-electron chi connectivity index (χ0n) is 17.4. The number of hydrogen-bond acceptors (Lipinski definition) is 5. The number of fused-ring (bicyclic) bond motifs is 1. The molecule has 1 fully saturated rings. The predicted octanol–water partition coefficient (Wildman–Crippen LogP) is 4.50. The Bertz CT molecular complexity index is 1020. The van der Waals surface area contributed by atoms with Crippen molar-refractivity contribution >= 4 is 16.8 Å². The van der Waals surface area contributed by atoms with Crippen LogP contribution < -0.4 is 10.1 Å². The van der Waals surface area contributed by atoms with Crippen LogP contribution in [0, 0.1) is 12.7 Å². The molecule has 1 aliphatic heterocycles. The van der Waals surface area contributed by atoms with E-state index in [0.29, 0.717) is 28.8 Å². The highest BCUT2D eigenvalue weighted by Crippen LogP contribution is 2.28. The van der Waals surface area contributed by atoms with Crippen LogP contribution in [0.15, 0.2) is 46.9 Å². The number of methoxy groups -OCH3 is 1. The third-order valence-corrected chi connectivity index (χ3v) is 5.86. The third kappa shape index (κ3) is 4.25. The molecule has 158 valence electrons. The van der Waals surface area contributed by atoms with E-state index >= 15 is 0 Å². The van der Waals surface area contributed by atoms with Crippen LogP contribution in [0.1, 0.15) is 40.6 Å². The van der Waals surface area contributed by atoms with Gasteiger partial charge in [-0.1, -0.05) is 12.1 Å². The second-order valence-electron chi connectivity index (χ2n) is 7.78. The van der Waals surface area contributed by atoms with Crippen molar-refractivity contribution in [3.05, 3.63) is 65.2 Å². The van der Waals surface area contributed by atoms with Crippen LogP contribution in [0.25, 0.3) is 11.0 Å². The molecule has 0 radical (unpaired) electrons. The van der Waals surface area contributed by atoms with E-state index in [9.17, 15) is 9.18 Å². The van der Waals surface area contributed by atoms with Gasteiger partial charge in [-0.2, -0.15) is 0 Å². The van der Waals surface area contributed by atoms with E-state index in [1.807, 2.05) is 12.1 Å². The molecule has 1 saturated heterocycles. The van der Waals surface area contributed by atoms with Crippen LogP contribution >= 0.6 is 0 Å². The first kappa shape index (κ1) is 20.6. The van der Waals surface area contributed by atoms with E-state index in [4.69, 9.17) is 9.15 Å². The Balaban J connectivity index is 1.44. The summed E-state index contributed by atoms with van der Waals surface area (Å²) in [4.78, 5) is 15.2. The molecular formula is C24H27FN2O3. The van der Waals surface area contributed by atoms with Crippen LogP contribution in [0.4, 0.5) is 4.39 Å². The van der Waals surface area contributed by atoms with E-state index in [1.54, 1.807) is 20.1 Å². The molecule has 4 rings (SSSR count). The zero-order valence-corrected chi connectivity index (χ0v) is 17.4. The average molecular weight is 410 g/mol. The van der Waals surface area contributed by atoms with E-state index in [0.717, 1.165) is 18.8 Å². The number of carbonyl (C=O) groups is 1. The lowest BCUT2D eigenvalue weighted by Gasteiger charge is -2.28. The summed E-state index contributed by atoms with van der Waals surface area (Å²) >= 11 is 0. The number of ketones is 1. The number of aryl methyl sites for hydroxylation is 1. The van der Waals surface area contributed by atoms with Crippen molar-refractivity contribution in [3.63, 3.8) is 0 Å². The third-order valence-electron chi connectivity index (χ3n) is 5.86. The van der Waals surface area contributed by atoms with Gasteiger partial charge in [0.25, 0.3) is 0 Å². The molecule has 0 bridgehead atoms. The number of likely N-dealkylation sites (tertiary alicyclic amines) is 1. The SMILES string of the molecule is COc1ccc(C(CNCC(=O)c2oc3ccc(F)cc3c2C)N2CCCC2)cc1. The van der Waals surface area contributed by atoms with Gasteiger partial charge in [0.2, 0.25) is 5.78 Å². The topological polar surface area (TPSA) is 54.7 Å². The maximum Gasteiger partial charge on any atom is 0.212 e. The minimum absolute atomic E-state index is 0.126. The van der Waals surface area contributed by atoms with E-state index in [1.165, 1.54) is 30.5 Å². The molecule has 1 aromatic heterocycles. The number of ether oxygens (including phenoxy) is 1. The molecule has 1 unspecified atom stereocenters. The van der Waals surface area contributed by atoms with E-state index < -0.39 is 0 Å². The molecule has 0 aliphatic carbocycles. The molecule has 2 aromatic carbocycles. The lowest BCUT2D eigenvalue weighted by molar-refractivity contribution is 0.0962. The average Bonchev–Trinajstić information content (AvgIpc) is 3.40. The number of nitrogens with zero attached hydrogens (tertiary/aromatic N) is 1. The Hall–Kier alpha value is -2.70. The van der Waals surface area contributed by atoms with Gasteiger partial charge in [0, 0.05) is 23.5 Å². The molecule has 6 heteroatoms. The minimum atomic E-state index is -0.337. The highest BCUT2D eigenvalue weighted by Gasteiger charge is 2.24. The number of Topliss-reactive ketones (excluding diaryl/α,β-unsaturated/α-hetero) is 1. The first-order valence-electron chi connectivity index (χ1n) is 10.4. The smallest absolute Gasteiger partial charge is 0.212 e. The predicted molar refractivity (Wildman–Crippen MR) is 115 cm³/mol. The Kier molecular flexibility index (Phi) is 6.16. The summed E-state index contributed by atoms with van der Waals surface area (Å²) in [5.74, 6) is 0.666. The largest absolute Gasteiger partial charge is 0.497 e. The molecule has 1 aliphatic rings. The highest BCUT2D eigenvalue weighted by molar-refractivity contribution is 6.01. The van der Waals surface area contributed by atoms with Crippen molar-refractivity contribution in [3.8, 4) is 5.75 Å². The van der Waals surface area contributed by atoms with Gasteiger partial charge in [-0.25, -0.2) is 4.39 Å². The van der Waals surface area contributed by atoms with Gasteiger partial charge in [0.1, 0.15) is 17.1 Å². The number of carbonyl (C=O) groups excluding carboxylic acids is 1. The number of furan rings is 1. The van der Waals surface area contributed by atoms with Crippen molar-refractivity contribution in [2.75, 3.05) is 33.3 Å². The van der Waals surface area contributed by atoms with Gasteiger partial charge < -0.3 is 14.5 Å². The molecule has 0 saturated carbocycles. The van der Waals surface area contributed by atoms with Gasteiger partial charge in [-0.05, 0) is 68.8 Å². The normalized spacial score (nSPS) is 15.6. The lowest BCUT2D eigenvalue weighted by atomic mass is 10.0. The highest BCUT2D eigenvalue weighted by atomic mass is 19.1. The molecule has 2 heterocycles. The van der Waals surface area contributed by atoms with Gasteiger partial charge in [0.05, 0.1) is 13.7 Å². The molecule has 30 heavy (non-hydrogen) atoms. The van der Waals surface area contributed by atoms with Crippen LogP contribution in [0.2, 0.25) is 0 Å². The summed E-state index contributed by atoms with van der Waals surface area (Å²) in [6.07, 6.45) is 2.39. The van der Waals surface area contributed by atoms with Crippen molar-refractivity contribution in [1.29, 1.82) is 0 Å². The van der Waals surface area contributed by atoms with E-state index in [-0.39, 0.29) is 24.2 Å². The maximum absolute atomic E-state index is 13.5. The molecular weight excluding hydrogens is 383 g/mol. The molecule has 5 nitrogen and oxygen atoms in total. The van der Waals surface area contributed by atoms with Crippen molar-refractivity contribution in [2.24, 2.45) is 0 Å². The van der Waals surface area contributed by atoms with Crippen LogP contribution in [0.3, 0.4) is 0 Å². The summed E-state index contributed by atoms with van der Waals surface area (Å²) in [5.41, 5.74) is 2.42. The summed E-state index contributed by atoms with van der Waals surface area (Å²) in [6, 6.07) is 12.6. The summed E-state index contributed by atoms with van der Waals surface area (Å²) in [5, 5.41) is 3.96. The summed E-state index contributed by atoms with van der Waals surface area (Å²) in [6.45, 7) is 4.74. The van der Waals surface area contributed by atoms with Crippen molar-refractivity contribution < 1.29 is 18.3 Å². The quantitative estimate of drug-likeness (QED) is 0.554. The van der Waals surface area contributed by atoms with Crippen LogP contribution in [0.5, 0.6) is 5.75 Å². The molecule has 3 aromatic rings. The number of benzene rings is 2. The molecule has 0 amide bonds. The Morgan fingerprint density at radius 3 is 2.63 bits per heavy atom. The Labute approximate surface area is 175 Å². The first-order chi connectivity index (χ1) is 14.6. The van der Waals surface area contributed by atoms with Gasteiger partial charge in [0.15, 0.2) is 5.76 Å². The number of hydrogen-bond donors (Lipinski definition) is 1. The van der Waals surface area contributed by atoms with Gasteiger partial charge >= 0.3 is 0 Å². The zero-order chi connectivity index (χ0) is 21.1. The Morgan fingerprint density at radius 1 is 1.20 bits per heavy atom. The van der Waals surface area contributed by atoms with Crippen molar-refractivity contribution in [1.82, 2.24) is 10.2 Å². The second kappa shape index (κ2) is 8.98. The van der Waals surface area contributed by atoms with E-state index in [2.05, 4.69) is 22.3 Å². The summed E-state index contributed by atoms with van der Waals surface area (Å²) in [7, 11) is 1.66.